The molecule has 2 aliphatic heterocycles. The summed E-state index contributed by atoms with van der Waals surface area (Å²) in [5.41, 5.74) is 0.677. The second kappa shape index (κ2) is 10.2. The molecule has 2 rings (SSSR count). The number of hydrogen-bond acceptors (Lipinski definition) is 6. The van der Waals surface area contributed by atoms with Gasteiger partial charge in [-0.1, -0.05) is 38.5 Å². The Morgan fingerprint density at radius 2 is 1.21 bits per heavy atom. The monoisotopic (exact) mass is 408 g/mol. The van der Waals surface area contributed by atoms with Crippen molar-refractivity contribution in [1.29, 1.82) is 0 Å². The van der Waals surface area contributed by atoms with E-state index >= 15 is 0 Å². The molecule has 0 aliphatic carbocycles. The Morgan fingerprint density at radius 1 is 0.690 bits per heavy atom. The van der Waals surface area contributed by atoms with Crippen molar-refractivity contribution in [3.63, 3.8) is 0 Å². The topological polar surface area (TPSA) is 71.1 Å². The smallest absolute Gasteiger partial charge is 0.340 e. The molecule has 0 fully saturated rings. The van der Waals surface area contributed by atoms with Gasteiger partial charge in [0.25, 0.3) is 0 Å². The maximum absolute atomic E-state index is 12.1. The van der Waals surface area contributed by atoms with Crippen LogP contribution in [-0.2, 0) is 28.5 Å². The van der Waals surface area contributed by atoms with Gasteiger partial charge in [0.2, 0.25) is 11.6 Å². The van der Waals surface area contributed by atoms with E-state index in [4.69, 9.17) is 18.9 Å². The summed E-state index contributed by atoms with van der Waals surface area (Å²) in [6.45, 7) is 8.84. The zero-order valence-electron chi connectivity index (χ0n) is 18.6. The van der Waals surface area contributed by atoms with E-state index in [2.05, 4.69) is 0 Å². The minimum absolute atomic E-state index is 0.243. The van der Waals surface area contributed by atoms with Gasteiger partial charge in [0.15, 0.2) is 0 Å². The Balaban J connectivity index is 1.50. The number of ether oxygens (including phenoxy) is 4. The summed E-state index contributed by atoms with van der Waals surface area (Å²) in [7, 11) is 0. The molecule has 2 aliphatic rings. The number of esters is 2. The first-order valence-electron chi connectivity index (χ1n) is 10.8. The average molecular weight is 409 g/mol. The highest BCUT2D eigenvalue weighted by molar-refractivity contribution is 5.89. The summed E-state index contributed by atoms with van der Waals surface area (Å²) in [5.74, 6) is -0.855. The minimum Gasteiger partial charge on any atom is -0.457 e. The fraction of sp³-hybridized carbons (Fsp3) is 0.739. The molecule has 0 spiro atoms. The summed E-state index contributed by atoms with van der Waals surface area (Å²) in [6, 6.07) is 0. The molecule has 29 heavy (non-hydrogen) atoms. The van der Waals surface area contributed by atoms with Gasteiger partial charge in [0, 0.05) is 34.1 Å². The largest absolute Gasteiger partial charge is 0.457 e. The molecule has 164 valence electrons. The highest BCUT2D eigenvalue weighted by Crippen LogP contribution is 2.29. The van der Waals surface area contributed by atoms with Crippen LogP contribution in [0.3, 0.4) is 0 Å². The third-order valence-electron chi connectivity index (χ3n) is 5.01. The van der Waals surface area contributed by atoms with E-state index in [1.54, 1.807) is 27.7 Å². The van der Waals surface area contributed by atoms with E-state index < -0.39 is 11.6 Å². The quantitative estimate of drug-likeness (QED) is 0.324. The number of cyclic esters (lactones) is 2. The molecule has 0 radical (unpaired) electrons. The van der Waals surface area contributed by atoms with Crippen LogP contribution in [0.1, 0.15) is 98.8 Å². The summed E-state index contributed by atoms with van der Waals surface area (Å²) >= 11 is 0. The van der Waals surface area contributed by atoms with Crippen molar-refractivity contribution in [2.45, 2.75) is 110 Å². The first kappa shape index (κ1) is 23.3. The Bertz CT molecular complexity index is 656. The predicted molar refractivity (Wildman–Crippen MR) is 109 cm³/mol. The molecule has 0 saturated heterocycles. The maximum Gasteiger partial charge on any atom is 0.340 e. The number of unbranched alkanes of at least 4 members (excludes halogenated alkanes) is 7. The van der Waals surface area contributed by atoms with Gasteiger partial charge in [0.05, 0.1) is 11.6 Å². The molecular weight excluding hydrogens is 372 g/mol. The van der Waals surface area contributed by atoms with Crippen LogP contribution < -0.4 is 0 Å². The van der Waals surface area contributed by atoms with Crippen molar-refractivity contribution in [2.75, 3.05) is 0 Å². The van der Waals surface area contributed by atoms with Gasteiger partial charge in [0.1, 0.15) is 11.5 Å². The van der Waals surface area contributed by atoms with Crippen LogP contribution >= 0.6 is 0 Å². The molecule has 0 amide bonds. The highest BCUT2D eigenvalue weighted by atomic mass is 16.7. The molecule has 6 nitrogen and oxygen atoms in total. The SMILES string of the molecule is CC1=C(CCCCCCCCCCC2=CC(=O)OC(C)(C)O2)C(=O)OC(C)(C)O1. The molecule has 0 aromatic carbocycles. The Hall–Kier alpha value is -1.98. The molecule has 0 aromatic heterocycles. The van der Waals surface area contributed by atoms with Crippen molar-refractivity contribution in [3.05, 3.63) is 23.2 Å². The van der Waals surface area contributed by atoms with Crippen LogP contribution in [-0.4, -0.2) is 23.5 Å². The van der Waals surface area contributed by atoms with Gasteiger partial charge < -0.3 is 18.9 Å². The van der Waals surface area contributed by atoms with E-state index in [0.717, 1.165) is 37.9 Å². The van der Waals surface area contributed by atoms with Gasteiger partial charge in [-0.3, -0.25) is 0 Å². The van der Waals surface area contributed by atoms with E-state index in [9.17, 15) is 9.59 Å². The molecule has 0 aromatic rings. The predicted octanol–water partition coefficient (Wildman–Crippen LogP) is 5.66. The lowest BCUT2D eigenvalue weighted by Crippen LogP contribution is -2.36. The minimum atomic E-state index is -0.857. The van der Waals surface area contributed by atoms with Gasteiger partial charge in [-0.25, -0.2) is 9.59 Å². The third kappa shape index (κ3) is 8.11. The summed E-state index contributed by atoms with van der Waals surface area (Å²) in [5, 5.41) is 0. The third-order valence-corrected chi connectivity index (χ3v) is 5.01. The maximum atomic E-state index is 12.1. The van der Waals surface area contributed by atoms with Crippen LogP contribution in [0.25, 0.3) is 0 Å². The lowest BCUT2D eigenvalue weighted by molar-refractivity contribution is -0.208. The van der Waals surface area contributed by atoms with Crippen molar-refractivity contribution in [3.8, 4) is 0 Å². The van der Waals surface area contributed by atoms with Crippen molar-refractivity contribution < 1.29 is 28.5 Å². The van der Waals surface area contributed by atoms with Crippen molar-refractivity contribution >= 4 is 11.9 Å². The average Bonchev–Trinajstić information content (AvgIpc) is 2.55. The number of rotatable bonds is 11. The fourth-order valence-electron chi connectivity index (χ4n) is 3.71. The lowest BCUT2D eigenvalue weighted by Gasteiger charge is -2.32. The molecule has 0 N–H and O–H groups in total. The standard InChI is InChI=1S/C23H36O6/c1-17-19(21(25)29-22(2,3)26-17)15-13-11-9-7-6-8-10-12-14-18-16-20(24)28-23(4,5)27-18/h16H,6-15H2,1-5H3. The first-order chi connectivity index (χ1) is 13.6. The number of allylic oxidation sites excluding steroid dienone is 2. The van der Waals surface area contributed by atoms with E-state index in [-0.39, 0.29) is 11.9 Å². The molecule has 2 heterocycles. The van der Waals surface area contributed by atoms with Gasteiger partial charge >= 0.3 is 11.9 Å². The highest BCUT2D eigenvalue weighted by Gasteiger charge is 2.33. The van der Waals surface area contributed by atoms with Gasteiger partial charge in [-0.15, -0.1) is 0 Å². The fourth-order valence-corrected chi connectivity index (χ4v) is 3.71. The van der Waals surface area contributed by atoms with Crippen molar-refractivity contribution in [1.82, 2.24) is 0 Å². The van der Waals surface area contributed by atoms with E-state index in [1.807, 2.05) is 6.92 Å². The lowest BCUT2D eigenvalue weighted by atomic mass is 10.0. The van der Waals surface area contributed by atoms with Gasteiger partial charge in [-0.2, -0.15) is 0 Å². The molecule has 0 atom stereocenters. The zero-order valence-corrected chi connectivity index (χ0v) is 18.6. The molecule has 0 bridgehead atoms. The number of carbonyl (C=O) groups excluding carboxylic acids is 2. The number of hydrogen-bond donors (Lipinski definition) is 0. The first-order valence-corrected chi connectivity index (χ1v) is 10.8. The molecule has 6 heteroatoms. The zero-order chi connectivity index (χ0) is 21.5. The Labute approximate surface area is 174 Å². The van der Waals surface area contributed by atoms with Crippen LogP contribution in [0, 0.1) is 0 Å². The van der Waals surface area contributed by atoms with Crippen LogP contribution in [0.5, 0.6) is 0 Å². The van der Waals surface area contributed by atoms with Crippen LogP contribution in [0.15, 0.2) is 23.2 Å². The molecular formula is C23H36O6. The Kier molecular flexibility index (Phi) is 8.17. The number of carbonyl (C=O) groups is 2. The van der Waals surface area contributed by atoms with Crippen molar-refractivity contribution in [2.24, 2.45) is 0 Å². The van der Waals surface area contributed by atoms with E-state index in [1.165, 1.54) is 31.8 Å². The Morgan fingerprint density at radius 3 is 1.76 bits per heavy atom. The second-order valence-corrected chi connectivity index (χ2v) is 8.79. The molecule has 0 saturated carbocycles. The van der Waals surface area contributed by atoms with Crippen LogP contribution in [0.2, 0.25) is 0 Å². The molecule has 0 unspecified atom stereocenters. The summed E-state index contributed by atoms with van der Waals surface area (Å²) in [6.07, 6.45) is 11.9. The second-order valence-electron chi connectivity index (χ2n) is 8.79. The van der Waals surface area contributed by atoms with Gasteiger partial charge in [-0.05, 0) is 26.2 Å². The summed E-state index contributed by atoms with van der Waals surface area (Å²) in [4.78, 5) is 23.6. The van der Waals surface area contributed by atoms with E-state index in [0.29, 0.717) is 17.8 Å². The normalized spacial score (nSPS) is 20.4. The van der Waals surface area contributed by atoms with Crippen LogP contribution in [0.4, 0.5) is 0 Å². The summed E-state index contributed by atoms with van der Waals surface area (Å²) < 4.78 is 21.7.